The van der Waals surface area contributed by atoms with Crippen molar-refractivity contribution in [3.63, 3.8) is 0 Å². The highest BCUT2D eigenvalue weighted by molar-refractivity contribution is 6.39. The predicted molar refractivity (Wildman–Crippen MR) is 76.4 cm³/mol. The molecule has 1 heterocycles. The lowest BCUT2D eigenvalue weighted by Crippen LogP contribution is -2.39. The molecular formula is C15H15FN2O4. The van der Waals surface area contributed by atoms with Crippen LogP contribution in [-0.2, 0) is 9.59 Å². The molecule has 3 N–H and O–H groups in total. The van der Waals surface area contributed by atoms with Crippen LogP contribution in [0.25, 0.3) is 0 Å². The molecule has 2 aromatic rings. The molecule has 0 spiro atoms. The van der Waals surface area contributed by atoms with E-state index in [-0.39, 0.29) is 5.69 Å². The molecule has 7 heteroatoms. The van der Waals surface area contributed by atoms with E-state index in [1.165, 1.54) is 18.4 Å². The average molecular weight is 306 g/mol. The monoisotopic (exact) mass is 306 g/mol. The van der Waals surface area contributed by atoms with E-state index in [2.05, 4.69) is 10.6 Å². The zero-order chi connectivity index (χ0) is 16.1. The lowest BCUT2D eigenvalue weighted by atomic mass is 10.2. The average Bonchev–Trinajstić information content (AvgIpc) is 3.02. The molecule has 1 aromatic heterocycles. The van der Waals surface area contributed by atoms with E-state index in [1.807, 2.05) is 0 Å². The number of aryl methyl sites for hydroxylation is 1. The summed E-state index contributed by atoms with van der Waals surface area (Å²) in [6.45, 7) is 1.25. The van der Waals surface area contributed by atoms with Crippen LogP contribution in [0.3, 0.4) is 0 Å². The van der Waals surface area contributed by atoms with Crippen LogP contribution in [-0.4, -0.2) is 23.5 Å². The van der Waals surface area contributed by atoms with Gasteiger partial charge in [0.15, 0.2) is 0 Å². The molecule has 0 bridgehead atoms. The summed E-state index contributed by atoms with van der Waals surface area (Å²) in [7, 11) is 0. The molecule has 0 aliphatic carbocycles. The van der Waals surface area contributed by atoms with Crippen LogP contribution in [0.5, 0.6) is 0 Å². The summed E-state index contributed by atoms with van der Waals surface area (Å²) >= 11 is 0. The van der Waals surface area contributed by atoms with Crippen molar-refractivity contribution in [2.45, 2.75) is 13.0 Å². The van der Waals surface area contributed by atoms with Gasteiger partial charge in [-0.2, -0.15) is 0 Å². The fourth-order valence-corrected chi connectivity index (χ4v) is 1.83. The van der Waals surface area contributed by atoms with Crippen LogP contribution in [0.4, 0.5) is 10.1 Å². The Hall–Kier alpha value is -2.67. The van der Waals surface area contributed by atoms with Crippen LogP contribution < -0.4 is 10.6 Å². The third-order valence-electron chi connectivity index (χ3n) is 3.03. The molecule has 1 unspecified atom stereocenters. The van der Waals surface area contributed by atoms with Crippen LogP contribution in [0.15, 0.2) is 41.0 Å². The minimum atomic E-state index is -0.960. The number of hydrogen-bond donors (Lipinski definition) is 3. The second kappa shape index (κ2) is 6.86. The number of amides is 2. The molecule has 0 radical (unpaired) electrons. The number of rotatable bonds is 4. The number of carbonyl (C=O) groups is 2. The maximum Gasteiger partial charge on any atom is 0.313 e. The van der Waals surface area contributed by atoms with E-state index in [9.17, 15) is 19.1 Å². The van der Waals surface area contributed by atoms with E-state index >= 15 is 0 Å². The van der Waals surface area contributed by atoms with Crippen molar-refractivity contribution >= 4 is 17.5 Å². The minimum absolute atomic E-state index is 0.207. The first-order valence-corrected chi connectivity index (χ1v) is 6.53. The van der Waals surface area contributed by atoms with Gasteiger partial charge in [0, 0.05) is 5.69 Å². The Bertz CT molecular complexity index is 670. The number of benzene rings is 1. The summed E-state index contributed by atoms with van der Waals surface area (Å²) in [5, 5.41) is 13.9. The fourth-order valence-electron chi connectivity index (χ4n) is 1.83. The number of carbonyl (C=O) groups excluding carboxylic acids is 2. The summed E-state index contributed by atoms with van der Waals surface area (Å²) in [5.41, 5.74) is 0.825. The molecule has 1 atom stereocenters. The van der Waals surface area contributed by atoms with Gasteiger partial charge < -0.3 is 20.2 Å². The van der Waals surface area contributed by atoms with E-state index in [1.54, 1.807) is 19.1 Å². The molecule has 22 heavy (non-hydrogen) atoms. The van der Waals surface area contributed by atoms with Crippen LogP contribution in [0.1, 0.15) is 17.4 Å². The van der Waals surface area contributed by atoms with Gasteiger partial charge in [0.25, 0.3) is 0 Å². The third-order valence-corrected chi connectivity index (χ3v) is 3.03. The lowest BCUT2D eigenvalue weighted by molar-refractivity contribution is -0.136. The van der Waals surface area contributed by atoms with E-state index in [4.69, 9.17) is 4.42 Å². The van der Waals surface area contributed by atoms with E-state index in [0.29, 0.717) is 11.3 Å². The highest BCUT2D eigenvalue weighted by atomic mass is 19.1. The second-order valence-corrected chi connectivity index (χ2v) is 4.64. The maximum atomic E-state index is 13.2. The number of hydrogen-bond acceptors (Lipinski definition) is 4. The van der Waals surface area contributed by atoms with Gasteiger partial charge in [0.2, 0.25) is 0 Å². The lowest BCUT2D eigenvalue weighted by Gasteiger charge is -2.14. The number of halogens is 1. The van der Waals surface area contributed by atoms with Gasteiger partial charge in [0.1, 0.15) is 17.6 Å². The zero-order valence-corrected chi connectivity index (χ0v) is 11.8. The molecule has 1 aromatic carbocycles. The normalized spacial score (nSPS) is 11.8. The van der Waals surface area contributed by atoms with Crippen molar-refractivity contribution in [2.24, 2.45) is 0 Å². The summed E-state index contributed by atoms with van der Waals surface area (Å²) < 4.78 is 18.2. The van der Waals surface area contributed by atoms with Crippen LogP contribution in [0, 0.1) is 12.7 Å². The number of aliphatic hydroxyl groups excluding tert-OH is 1. The standard InChI is InChI=1S/C15H15FN2O4/c1-9-4-5-10(16)7-11(9)17-14(20)15(21)18-12(8-19)13-3-2-6-22-13/h2-7,12,19H,8H2,1H3,(H,17,20)(H,18,21). The first-order chi connectivity index (χ1) is 10.5. The third kappa shape index (κ3) is 3.70. The van der Waals surface area contributed by atoms with Gasteiger partial charge in [0.05, 0.1) is 12.9 Å². The Morgan fingerprint density at radius 2 is 2.09 bits per heavy atom. The summed E-state index contributed by atoms with van der Waals surface area (Å²) in [6.07, 6.45) is 1.39. The first-order valence-electron chi connectivity index (χ1n) is 6.53. The van der Waals surface area contributed by atoms with Gasteiger partial charge in [-0.25, -0.2) is 4.39 Å². The molecule has 0 saturated heterocycles. The highest BCUT2D eigenvalue weighted by Crippen LogP contribution is 2.16. The molecule has 2 rings (SSSR count). The number of aliphatic hydroxyl groups is 1. The smallest absolute Gasteiger partial charge is 0.313 e. The van der Waals surface area contributed by atoms with Crippen molar-refractivity contribution in [3.8, 4) is 0 Å². The Morgan fingerprint density at radius 3 is 2.73 bits per heavy atom. The largest absolute Gasteiger partial charge is 0.467 e. The van der Waals surface area contributed by atoms with Crippen LogP contribution in [0.2, 0.25) is 0 Å². The highest BCUT2D eigenvalue weighted by Gasteiger charge is 2.21. The Labute approximate surface area is 125 Å². The number of anilines is 1. The quantitative estimate of drug-likeness (QED) is 0.747. The first kappa shape index (κ1) is 15.7. The number of nitrogens with one attached hydrogen (secondary N) is 2. The van der Waals surface area contributed by atoms with Crippen molar-refractivity contribution in [2.75, 3.05) is 11.9 Å². The molecule has 6 nitrogen and oxygen atoms in total. The summed E-state index contributed by atoms with van der Waals surface area (Å²) in [5.74, 6) is -2.12. The van der Waals surface area contributed by atoms with E-state index < -0.39 is 30.3 Å². The molecule has 0 aliphatic heterocycles. The fraction of sp³-hybridized carbons (Fsp3) is 0.200. The number of furan rings is 1. The van der Waals surface area contributed by atoms with Gasteiger partial charge in [-0.1, -0.05) is 6.07 Å². The molecule has 0 saturated carbocycles. The Kier molecular flexibility index (Phi) is 4.90. The topological polar surface area (TPSA) is 91.6 Å². The molecule has 116 valence electrons. The molecule has 0 aliphatic rings. The Balaban J connectivity index is 2.03. The minimum Gasteiger partial charge on any atom is -0.467 e. The van der Waals surface area contributed by atoms with Crippen molar-refractivity contribution in [1.29, 1.82) is 0 Å². The molecule has 2 amide bonds. The van der Waals surface area contributed by atoms with Crippen molar-refractivity contribution in [1.82, 2.24) is 5.32 Å². The summed E-state index contributed by atoms with van der Waals surface area (Å²) in [4.78, 5) is 23.7. The summed E-state index contributed by atoms with van der Waals surface area (Å²) in [6, 6.07) is 6.19. The second-order valence-electron chi connectivity index (χ2n) is 4.64. The molecule has 0 fully saturated rings. The van der Waals surface area contributed by atoms with Gasteiger partial charge in [-0.05, 0) is 36.8 Å². The zero-order valence-electron chi connectivity index (χ0n) is 11.8. The van der Waals surface area contributed by atoms with Gasteiger partial charge in [-0.15, -0.1) is 0 Å². The maximum absolute atomic E-state index is 13.2. The Morgan fingerprint density at radius 1 is 1.32 bits per heavy atom. The molecular weight excluding hydrogens is 291 g/mol. The van der Waals surface area contributed by atoms with Crippen molar-refractivity contribution in [3.05, 3.63) is 53.7 Å². The predicted octanol–water partition coefficient (Wildman–Crippen LogP) is 1.52. The SMILES string of the molecule is Cc1ccc(F)cc1NC(=O)C(=O)NC(CO)c1ccco1. The van der Waals surface area contributed by atoms with E-state index in [0.717, 1.165) is 6.07 Å². The van der Waals surface area contributed by atoms with Crippen molar-refractivity contribution < 1.29 is 23.5 Å². The van der Waals surface area contributed by atoms with Gasteiger partial charge >= 0.3 is 11.8 Å². The van der Waals surface area contributed by atoms with Gasteiger partial charge in [-0.3, -0.25) is 9.59 Å². The van der Waals surface area contributed by atoms with Crippen LogP contribution >= 0.6 is 0 Å².